The summed E-state index contributed by atoms with van der Waals surface area (Å²) in [4.78, 5) is 18.9. The maximum atomic E-state index is 14.0. The second-order valence-corrected chi connectivity index (χ2v) is 11.9. The van der Waals surface area contributed by atoms with Crippen LogP contribution in [0.3, 0.4) is 0 Å². The summed E-state index contributed by atoms with van der Waals surface area (Å²) in [5.41, 5.74) is 11.3. The van der Waals surface area contributed by atoms with E-state index < -0.39 is 5.41 Å². The number of carbonyl (C=O) groups excluding carboxylic acids is 1. The van der Waals surface area contributed by atoms with Gasteiger partial charge < -0.3 is 4.90 Å². The fraction of sp³-hybridized carbons (Fsp3) is 0.0263. The van der Waals surface area contributed by atoms with Crippen LogP contribution in [0.1, 0.15) is 38.2 Å². The van der Waals surface area contributed by atoms with Gasteiger partial charge in [0.05, 0.1) is 22.5 Å². The molecule has 0 atom stereocenters. The highest BCUT2D eigenvalue weighted by Crippen LogP contribution is 2.64. The van der Waals surface area contributed by atoms with Crippen LogP contribution < -0.4 is 4.90 Å². The summed E-state index contributed by atoms with van der Waals surface area (Å²) >= 11 is 1.83. The van der Waals surface area contributed by atoms with E-state index >= 15 is 0 Å². The van der Waals surface area contributed by atoms with E-state index in [9.17, 15) is 4.79 Å². The van der Waals surface area contributed by atoms with Gasteiger partial charge >= 0.3 is 0 Å². The Bertz CT molecular complexity index is 2010. The molecule has 41 heavy (non-hydrogen) atoms. The smallest absolute Gasteiger partial charge is 0.193 e. The van der Waals surface area contributed by atoms with Gasteiger partial charge in [0.25, 0.3) is 0 Å². The summed E-state index contributed by atoms with van der Waals surface area (Å²) in [5.74, 6) is 0.0922. The van der Waals surface area contributed by atoms with Crippen molar-refractivity contribution in [1.82, 2.24) is 0 Å². The third kappa shape index (κ3) is 2.91. The zero-order valence-corrected chi connectivity index (χ0v) is 22.9. The summed E-state index contributed by atoms with van der Waals surface area (Å²) in [6.45, 7) is 0. The molecular weight excluding hydrogens is 518 g/mol. The van der Waals surface area contributed by atoms with Gasteiger partial charge in [0.15, 0.2) is 5.78 Å². The topological polar surface area (TPSA) is 20.3 Å². The highest BCUT2D eigenvalue weighted by molar-refractivity contribution is 7.99. The number of para-hydroxylation sites is 2. The number of hydrogen-bond acceptors (Lipinski definition) is 3. The third-order valence-electron chi connectivity index (χ3n) is 8.85. The van der Waals surface area contributed by atoms with Gasteiger partial charge in [-0.2, -0.15) is 0 Å². The molecule has 0 saturated carbocycles. The van der Waals surface area contributed by atoms with Gasteiger partial charge in [0.2, 0.25) is 0 Å². The minimum atomic E-state index is -0.657. The Labute approximate surface area is 242 Å². The largest absolute Gasteiger partial charge is 0.308 e. The Kier molecular flexibility index (Phi) is 4.65. The van der Waals surface area contributed by atoms with Crippen molar-refractivity contribution in [1.29, 1.82) is 0 Å². The highest BCUT2D eigenvalue weighted by atomic mass is 32.2. The molecule has 6 aromatic rings. The van der Waals surface area contributed by atoms with Crippen molar-refractivity contribution in [2.24, 2.45) is 0 Å². The third-order valence-corrected chi connectivity index (χ3v) is 9.97. The monoisotopic (exact) mass is 541 g/mol. The van der Waals surface area contributed by atoms with Gasteiger partial charge in [-0.25, -0.2) is 0 Å². The Balaban J connectivity index is 1.49. The van der Waals surface area contributed by atoms with E-state index in [1.54, 1.807) is 0 Å². The van der Waals surface area contributed by atoms with Crippen molar-refractivity contribution in [2.75, 3.05) is 4.90 Å². The molecule has 6 aromatic carbocycles. The first kappa shape index (κ1) is 22.9. The summed E-state index contributed by atoms with van der Waals surface area (Å²) in [6.07, 6.45) is 0. The van der Waals surface area contributed by atoms with Crippen LogP contribution in [0, 0.1) is 0 Å². The molecule has 0 aromatic heterocycles. The van der Waals surface area contributed by atoms with Gasteiger partial charge in [-0.1, -0.05) is 121 Å². The van der Waals surface area contributed by atoms with Crippen molar-refractivity contribution in [3.05, 3.63) is 173 Å². The van der Waals surface area contributed by atoms with Crippen LogP contribution in [-0.2, 0) is 5.41 Å². The lowest BCUT2D eigenvalue weighted by molar-refractivity contribution is 0.103. The Morgan fingerprint density at radius 3 is 1.90 bits per heavy atom. The molecule has 2 heterocycles. The summed E-state index contributed by atoms with van der Waals surface area (Å²) in [5, 5.41) is 0. The van der Waals surface area contributed by atoms with Crippen molar-refractivity contribution in [3.8, 4) is 11.1 Å². The first-order valence-corrected chi connectivity index (χ1v) is 14.7. The molecule has 1 aliphatic carbocycles. The van der Waals surface area contributed by atoms with E-state index in [1.807, 2.05) is 36.0 Å². The predicted octanol–water partition coefficient (Wildman–Crippen LogP) is 9.53. The molecule has 3 aliphatic rings. The number of hydrogen-bond donors (Lipinski definition) is 0. The van der Waals surface area contributed by atoms with E-state index in [-0.39, 0.29) is 5.78 Å². The first-order valence-electron chi connectivity index (χ1n) is 13.9. The van der Waals surface area contributed by atoms with Crippen LogP contribution in [0.5, 0.6) is 0 Å². The van der Waals surface area contributed by atoms with Gasteiger partial charge in [-0.15, -0.1) is 0 Å². The van der Waals surface area contributed by atoms with E-state index in [2.05, 4.69) is 120 Å². The van der Waals surface area contributed by atoms with Gasteiger partial charge in [0, 0.05) is 20.9 Å². The second-order valence-electron chi connectivity index (χ2n) is 10.8. The number of benzene rings is 6. The molecule has 3 heteroatoms. The number of rotatable bonds is 1. The van der Waals surface area contributed by atoms with Crippen molar-refractivity contribution < 1.29 is 4.79 Å². The number of fused-ring (bicyclic) bond motifs is 10. The van der Waals surface area contributed by atoms with Gasteiger partial charge in [-0.05, 0) is 63.7 Å². The molecule has 9 rings (SSSR count). The standard InChI is InChI=1S/C38H23NOS/c40-37-26-13-4-6-15-28(26)38(29-16-7-5-14-27(29)37)30-17-10-20-35-36(30)39(33-18-8-9-19-34(33)41-35)32-22-21-25(23-31(32)38)24-11-2-1-3-12-24/h1-23H. The maximum Gasteiger partial charge on any atom is 0.193 e. The van der Waals surface area contributed by atoms with E-state index in [4.69, 9.17) is 0 Å². The van der Waals surface area contributed by atoms with Crippen molar-refractivity contribution >= 4 is 34.6 Å². The normalized spacial score (nSPS) is 14.9. The minimum Gasteiger partial charge on any atom is -0.308 e. The van der Waals surface area contributed by atoms with Crippen LogP contribution in [-0.4, -0.2) is 5.78 Å². The molecule has 0 saturated heterocycles. The van der Waals surface area contributed by atoms with Crippen LogP contribution in [0.15, 0.2) is 149 Å². The zero-order chi connectivity index (χ0) is 27.1. The molecule has 1 spiro atoms. The molecule has 2 nitrogen and oxygen atoms in total. The molecular formula is C38H23NOS. The van der Waals surface area contributed by atoms with Crippen LogP contribution in [0.25, 0.3) is 11.1 Å². The lowest BCUT2D eigenvalue weighted by atomic mass is 9.57. The van der Waals surface area contributed by atoms with Crippen molar-refractivity contribution in [3.63, 3.8) is 0 Å². The number of carbonyl (C=O) groups is 1. The SMILES string of the molecule is O=C1c2ccccc2C2(c3ccccc31)c1cc(-c3ccccc3)ccc1N1c3ccccc3Sc3cccc2c31. The zero-order valence-electron chi connectivity index (χ0n) is 22.0. The summed E-state index contributed by atoms with van der Waals surface area (Å²) in [6, 6.07) is 49.3. The molecule has 0 amide bonds. The highest BCUT2D eigenvalue weighted by Gasteiger charge is 2.53. The average Bonchev–Trinajstić information content (AvgIpc) is 3.04. The van der Waals surface area contributed by atoms with Crippen molar-refractivity contribution in [2.45, 2.75) is 15.2 Å². The van der Waals surface area contributed by atoms with E-state index in [1.165, 1.54) is 37.9 Å². The Morgan fingerprint density at radius 2 is 1.12 bits per heavy atom. The maximum absolute atomic E-state index is 14.0. The molecule has 0 unspecified atom stereocenters. The van der Waals surface area contributed by atoms with Crippen LogP contribution >= 0.6 is 11.8 Å². The summed E-state index contributed by atoms with van der Waals surface area (Å²) in [7, 11) is 0. The Hall–Kier alpha value is -4.86. The number of ketones is 1. The average molecular weight is 542 g/mol. The Morgan fingerprint density at radius 1 is 0.488 bits per heavy atom. The fourth-order valence-corrected chi connectivity index (χ4v) is 8.32. The number of anilines is 3. The van der Waals surface area contributed by atoms with E-state index in [0.717, 1.165) is 33.5 Å². The first-order chi connectivity index (χ1) is 20.3. The number of nitrogens with zero attached hydrogens (tertiary/aromatic N) is 1. The summed E-state index contributed by atoms with van der Waals surface area (Å²) < 4.78 is 0. The molecule has 192 valence electrons. The second kappa shape index (κ2) is 8.33. The lowest BCUT2D eigenvalue weighted by Crippen LogP contribution is -2.43. The van der Waals surface area contributed by atoms with E-state index in [0.29, 0.717) is 0 Å². The van der Waals surface area contributed by atoms with Crippen LogP contribution in [0.2, 0.25) is 0 Å². The predicted molar refractivity (Wildman–Crippen MR) is 166 cm³/mol. The molecule has 0 bridgehead atoms. The lowest BCUT2D eigenvalue weighted by Gasteiger charge is -2.50. The molecule has 0 radical (unpaired) electrons. The van der Waals surface area contributed by atoms with Gasteiger partial charge in [0.1, 0.15) is 0 Å². The van der Waals surface area contributed by atoms with Gasteiger partial charge in [-0.3, -0.25) is 4.79 Å². The fourth-order valence-electron chi connectivity index (χ4n) is 7.23. The quantitative estimate of drug-likeness (QED) is 0.206. The van der Waals surface area contributed by atoms with Crippen LogP contribution in [0.4, 0.5) is 17.1 Å². The molecule has 0 N–H and O–H groups in total. The minimum absolute atomic E-state index is 0.0922. The molecule has 0 fully saturated rings. The molecule has 2 aliphatic heterocycles.